The molecule has 0 saturated carbocycles. The van der Waals surface area contributed by atoms with Crippen LogP contribution in [0.5, 0.6) is 0 Å². The minimum Gasteiger partial charge on any atom is -0.443 e. The lowest BCUT2D eigenvalue weighted by Gasteiger charge is -2.45. The smallest absolute Gasteiger partial charge is 0.443 e. The predicted octanol–water partition coefficient (Wildman–Crippen LogP) is 4.20. The summed E-state index contributed by atoms with van der Waals surface area (Å²) in [5, 5.41) is 10.3. The molecule has 2 saturated heterocycles. The quantitative estimate of drug-likeness (QED) is 0.684. The molecule has 0 aliphatic carbocycles. The summed E-state index contributed by atoms with van der Waals surface area (Å²) >= 11 is 0. The van der Waals surface area contributed by atoms with Gasteiger partial charge in [0.2, 0.25) is 0 Å². The molecule has 2 heterocycles. The van der Waals surface area contributed by atoms with Crippen molar-refractivity contribution in [3.63, 3.8) is 0 Å². The van der Waals surface area contributed by atoms with Crippen molar-refractivity contribution in [3.05, 3.63) is 29.8 Å². The Morgan fingerprint density at radius 1 is 1.13 bits per heavy atom. The molecule has 0 bridgehead atoms. The van der Waals surface area contributed by atoms with Gasteiger partial charge in [0, 0.05) is 19.4 Å². The van der Waals surface area contributed by atoms with Crippen molar-refractivity contribution in [2.75, 3.05) is 6.54 Å². The summed E-state index contributed by atoms with van der Waals surface area (Å²) in [5.41, 5.74) is -0.249. The lowest BCUT2D eigenvalue weighted by Crippen LogP contribution is -2.52. The number of hydrogen-bond donors (Lipinski definition) is 1. The first-order chi connectivity index (χ1) is 14.2. The molecule has 0 spiro atoms. The average Bonchev–Trinajstić information content (AvgIpc) is 2.87. The highest BCUT2D eigenvalue weighted by Gasteiger charge is 2.51. The second-order valence-electron chi connectivity index (χ2n) is 10.8. The van der Waals surface area contributed by atoms with Crippen LogP contribution in [0, 0.1) is 0 Å². The van der Waals surface area contributed by atoms with Gasteiger partial charge in [-0.05, 0) is 65.9 Å². The summed E-state index contributed by atoms with van der Waals surface area (Å²) in [5.74, 6) is 0. The molecule has 0 aromatic heterocycles. The van der Waals surface area contributed by atoms with E-state index in [0.29, 0.717) is 25.8 Å². The maximum Gasteiger partial charge on any atom is 0.494 e. The molecule has 31 heavy (non-hydrogen) atoms. The van der Waals surface area contributed by atoms with Crippen molar-refractivity contribution in [1.29, 1.82) is 0 Å². The van der Waals surface area contributed by atoms with Crippen LogP contribution in [0.2, 0.25) is 0 Å². The van der Waals surface area contributed by atoms with Crippen LogP contribution in [0.25, 0.3) is 0 Å². The van der Waals surface area contributed by atoms with E-state index in [1.807, 2.05) is 65.8 Å². The van der Waals surface area contributed by atoms with Gasteiger partial charge < -0.3 is 24.1 Å². The van der Waals surface area contributed by atoms with E-state index in [4.69, 9.17) is 14.0 Å². The van der Waals surface area contributed by atoms with E-state index in [-0.39, 0.29) is 23.3 Å². The van der Waals surface area contributed by atoms with Crippen LogP contribution < -0.4 is 5.46 Å². The zero-order valence-corrected chi connectivity index (χ0v) is 20.3. The molecule has 172 valence electrons. The minimum atomic E-state index is -0.882. The number of carbonyl (C=O) groups is 1. The van der Waals surface area contributed by atoms with Crippen molar-refractivity contribution in [3.8, 4) is 0 Å². The highest BCUT2D eigenvalue weighted by molar-refractivity contribution is 6.62. The van der Waals surface area contributed by atoms with Gasteiger partial charge in [-0.15, -0.1) is 0 Å². The third kappa shape index (κ3) is 4.94. The summed E-state index contributed by atoms with van der Waals surface area (Å²) in [7, 11) is -0.402. The van der Waals surface area contributed by atoms with Crippen LogP contribution in [0.3, 0.4) is 0 Å². The van der Waals surface area contributed by atoms with Crippen LogP contribution in [0.15, 0.2) is 24.3 Å². The Kier molecular flexibility index (Phi) is 6.29. The second kappa shape index (κ2) is 8.09. The number of ether oxygens (including phenoxy) is 1. The van der Waals surface area contributed by atoms with Gasteiger partial charge in [-0.3, -0.25) is 0 Å². The molecular formula is C24H38BNO5. The van der Waals surface area contributed by atoms with Crippen LogP contribution in [0.1, 0.15) is 86.3 Å². The molecule has 2 aliphatic heterocycles. The molecule has 1 aromatic carbocycles. The van der Waals surface area contributed by atoms with E-state index in [1.54, 1.807) is 18.7 Å². The highest BCUT2D eigenvalue weighted by Crippen LogP contribution is 2.38. The number of nitrogens with zero attached hydrogens (tertiary/aromatic N) is 1. The largest absolute Gasteiger partial charge is 0.494 e. The topological polar surface area (TPSA) is 68.2 Å². The van der Waals surface area contributed by atoms with E-state index < -0.39 is 18.3 Å². The number of benzene rings is 1. The lowest BCUT2D eigenvalue weighted by atomic mass is 9.78. The summed E-state index contributed by atoms with van der Waals surface area (Å²) < 4.78 is 18.2. The molecule has 2 fully saturated rings. The third-order valence-electron chi connectivity index (χ3n) is 7.16. The zero-order valence-electron chi connectivity index (χ0n) is 20.3. The van der Waals surface area contributed by atoms with E-state index in [2.05, 4.69) is 0 Å². The van der Waals surface area contributed by atoms with Gasteiger partial charge in [0.25, 0.3) is 0 Å². The van der Waals surface area contributed by atoms with Gasteiger partial charge in [0.1, 0.15) is 5.60 Å². The molecule has 1 N–H and O–H groups in total. The molecule has 0 radical (unpaired) electrons. The fourth-order valence-corrected chi connectivity index (χ4v) is 4.44. The molecule has 1 aromatic rings. The number of hydrogen-bond acceptors (Lipinski definition) is 5. The Hall–Kier alpha value is -1.57. The first-order valence-corrected chi connectivity index (χ1v) is 11.4. The standard InChI is InChI=1S/C24H38BNO5/c1-9-24(16-21(3,4)28)14-15-26(20(27)29-24)17(2)18-10-12-19(13-11-18)25-30-22(5,6)23(7,8)31-25/h10-13,17,28H,9,14-16H2,1-8H3. The van der Waals surface area contributed by atoms with Crippen LogP contribution in [0.4, 0.5) is 4.79 Å². The Labute approximate surface area is 187 Å². The molecule has 6 nitrogen and oxygen atoms in total. The SMILES string of the molecule is CCC1(CC(C)(C)O)CCN(C(C)c2ccc(B3OC(C)(C)C(C)(C)O3)cc2)C(=O)O1. The fourth-order valence-electron chi connectivity index (χ4n) is 4.44. The van der Waals surface area contributed by atoms with Crippen molar-refractivity contribution in [2.45, 2.75) is 103 Å². The second-order valence-corrected chi connectivity index (χ2v) is 10.8. The maximum absolute atomic E-state index is 12.9. The number of carbonyl (C=O) groups excluding carboxylic acids is 1. The number of rotatable bonds is 6. The highest BCUT2D eigenvalue weighted by atomic mass is 16.7. The molecule has 7 heteroatoms. The normalized spacial score (nSPS) is 26.7. The monoisotopic (exact) mass is 431 g/mol. The molecule has 3 rings (SSSR count). The zero-order chi connectivity index (χ0) is 23.2. The van der Waals surface area contributed by atoms with E-state index >= 15 is 0 Å². The Balaban J connectivity index is 1.69. The fraction of sp³-hybridized carbons (Fsp3) is 0.708. The van der Waals surface area contributed by atoms with E-state index in [0.717, 1.165) is 11.0 Å². The first kappa shape index (κ1) is 24.1. The van der Waals surface area contributed by atoms with Gasteiger partial charge in [0.15, 0.2) is 0 Å². The number of amides is 1. The summed E-state index contributed by atoms with van der Waals surface area (Å²) in [6.45, 7) is 16.3. The van der Waals surface area contributed by atoms with Gasteiger partial charge in [0.05, 0.1) is 22.8 Å². The summed E-state index contributed by atoms with van der Waals surface area (Å²) in [6, 6.07) is 7.95. The van der Waals surface area contributed by atoms with E-state index in [9.17, 15) is 9.90 Å². The molecule has 2 atom stereocenters. The van der Waals surface area contributed by atoms with Crippen molar-refractivity contribution in [2.24, 2.45) is 0 Å². The van der Waals surface area contributed by atoms with Gasteiger partial charge in [-0.25, -0.2) is 4.79 Å². The van der Waals surface area contributed by atoms with Gasteiger partial charge in [-0.2, -0.15) is 0 Å². The molecule has 2 unspecified atom stereocenters. The molecular weight excluding hydrogens is 393 g/mol. The van der Waals surface area contributed by atoms with Crippen molar-refractivity contribution in [1.82, 2.24) is 4.90 Å². The van der Waals surface area contributed by atoms with Crippen molar-refractivity contribution >= 4 is 18.7 Å². The Bertz CT molecular complexity index is 785. The van der Waals surface area contributed by atoms with Gasteiger partial charge >= 0.3 is 13.2 Å². The number of cyclic esters (lactones) is 1. The van der Waals surface area contributed by atoms with E-state index in [1.165, 1.54) is 0 Å². The van der Waals surface area contributed by atoms with Crippen LogP contribution in [-0.2, 0) is 14.0 Å². The summed E-state index contributed by atoms with van der Waals surface area (Å²) in [6.07, 6.45) is 1.51. The minimum absolute atomic E-state index is 0.114. The molecule has 1 amide bonds. The summed E-state index contributed by atoms with van der Waals surface area (Å²) in [4.78, 5) is 14.6. The Morgan fingerprint density at radius 2 is 1.68 bits per heavy atom. The first-order valence-electron chi connectivity index (χ1n) is 11.4. The number of aliphatic hydroxyl groups is 1. The van der Waals surface area contributed by atoms with Crippen molar-refractivity contribution < 1.29 is 23.9 Å². The molecule has 2 aliphatic rings. The third-order valence-corrected chi connectivity index (χ3v) is 7.16. The predicted molar refractivity (Wildman–Crippen MR) is 122 cm³/mol. The average molecular weight is 431 g/mol. The lowest BCUT2D eigenvalue weighted by molar-refractivity contribution is -0.0977. The van der Waals surface area contributed by atoms with Crippen LogP contribution >= 0.6 is 0 Å². The Morgan fingerprint density at radius 3 is 2.13 bits per heavy atom. The maximum atomic E-state index is 12.9. The van der Waals surface area contributed by atoms with Crippen LogP contribution in [-0.4, -0.2) is 52.2 Å². The van der Waals surface area contributed by atoms with Gasteiger partial charge in [-0.1, -0.05) is 31.2 Å².